The minimum Gasteiger partial charge on any atom is -0.338 e. The van der Waals surface area contributed by atoms with Crippen LogP contribution in [0.4, 0.5) is 10.7 Å². The number of anilines is 1. The number of piperazine rings is 1. The van der Waals surface area contributed by atoms with Gasteiger partial charge in [0.15, 0.2) is 6.54 Å². The van der Waals surface area contributed by atoms with E-state index in [0.29, 0.717) is 19.0 Å². The minimum atomic E-state index is -0.417. The topological polar surface area (TPSA) is 91.7 Å². The Morgan fingerprint density at radius 1 is 1.26 bits per heavy atom. The van der Waals surface area contributed by atoms with Crippen molar-refractivity contribution in [3.8, 4) is 0 Å². The number of amides is 3. The summed E-state index contributed by atoms with van der Waals surface area (Å²) in [6, 6.07) is 1.37. The Morgan fingerprint density at radius 2 is 1.91 bits per heavy atom. The fourth-order valence-corrected chi connectivity index (χ4v) is 2.39. The lowest BCUT2D eigenvalue weighted by Crippen LogP contribution is -3.16. The van der Waals surface area contributed by atoms with Crippen molar-refractivity contribution in [1.29, 1.82) is 0 Å². The summed E-state index contributed by atoms with van der Waals surface area (Å²) in [7, 11) is 0. The zero-order chi connectivity index (χ0) is 16.7. The average Bonchev–Trinajstić information content (AvgIpc) is 2.54. The van der Waals surface area contributed by atoms with Crippen LogP contribution in [0.25, 0.3) is 0 Å². The van der Waals surface area contributed by atoms with E-state index in [2.05, 4.69) is 25.5 Å². The number of urea groups is 1. The first kappa shape index (κ1) is 17.1. The molecule has 8 nitrogen and oxygen atoms in total. The summed E-state index contributed by atoms with van der Waals surface area (Å²) in [6.45, 7) is 8.10. The summed E-state index contributed by atoms with van der Waals surface area (Å²) in [6.07, 6.45) is 3.45. The maximum absolute atomic E-state index is 11.9. The van der Waals surface area contributed by atoms with Gasteiger partial charge >= 0.3 is 6.03 Å². The van der Waals surface area contributed by atoms with Crippen molar-refractivity contribution in [2.45, 2.75) is 13.8 Å². The van der Waals surface area contributed by atoms with Gasteiger partial charge in [-0.05, 0) is 12.0 Å². The van der Waals surface area contributed by atoms with Crippen molar-refractivity contribution in [3.63, 3.8) is 0 Å². The average molecular weight is 321 g/mol. The van der Waals surface area contributed by atoms with Crippen LogP contribution in [0.3, 0.4) is 0 Å². The second-order valence-electron chi connectivity index (χ2n) is 6.11. The Bertz CT molecular complexity index is 514. The third-order valence-corrected chi connectivity index (χ3v) is 3.64. The number of quaternary nitrogens is 1. The van der Waals surface area contributed by atoms with Crippen LogP contribution in [0.2, 0.25) is 0 Å². The van der Waals surface area contributed by atoms with Crippen LogP contribution in [0.15, 0.2) is 18.5 Å². The maximum Gasteiger partial charge on any atom is 0.321 e. The summed E-state index contributed by atoms with van der Waals surface area (Å²) in [5.74, 6) is 0.837. The Balaban J connectivity index is 1.69. The molecular weight excluding hydrogens is 296 g/mol. The molecule has 0 saturated carbocycles. The van der Waals surface area contributed by atoms with Crippen molar-refractivity contribution in [3.05, 3.63) is 18.5 Å². The highest BCUT2D eigenvalue weighted by atomic mass is 16.2. The molecule has 2 heterocycles. The number of aromatic nitrogens is 2. The molecule has 126 valence electrons. The molecule has 1 aliphatic rings. The highest BCUT2D eigenvalue weighted by Crippen LogP contribution is 2.03. The third-order valence-electron chi connectivity index (χ3n) is 3.64. The van der Waals surface area contributed by atoms with E-state index in [1.54, 1.807) is 18.5 Å². The molecule has 23 heavy (non-hydrogen) atoms. The number of nitrogens with zero attached hydrogens (tertiary/aromatic N) is 3. The molecule has 0 atom stereocenters. The number of carbonyl (C=O) groups is 2. The summed E-state index contributed by atoms with van der Waals surface area (Å²) in [4.78, 5) is 35.2. The molecule has 3 N–H and O–H groups in total. The monoisotopic (exact) mass is 321 g/mol. The molecule has 2 rings (SSSR count). The molecule has 0 aromatic carbocycles. The number of carbonyl (C=O) groups excluding carboxylic acids is 2. The number of nitrogens with one attached hydrogen (secondary N) is 3. The van der Waals surface area contributed by atoms with Crippen molar-refractivity contribution in [2.24, 2.45) is 5.92 Å². The molecule has 1 fully saturated rings. The lowest BCUT2D eigenvalue weighted by molar-refractivity contribution is -0.892. The second-order valence-corrected chi connectivity index (χ2v) is 6.11. The minimum absolute atomic E-state index is 0.245. The summed E-state index contributed by atoms with van der Waals surface area (Å²) >= 11 is 0. The van der Waals surface area contributed by atoms with E-state index in [1.807, 2.05) is 13.8 Å². The highest BCUT2D eigenvalue weighted by molar-refractivity contribution is 5.94. The smallest absolute Gasteiger partial charge is 0.321 e. The van der Waals surface area contributed by atoms with Crippen molar-refractivity contribution in [1.82, 2.24) is 20.6 Å². The van der Waals surface area contributed by atoms with Crippen molar-refractivity contribution >= 4 is 17.9 Å². The fourth-order valence-electron chi connectivity index (χ4n) is 2.39. The molecule has 0 radical (unpaired) electrons. The summed E-state index contributed by atoms with van der Waals surface area (Å²) in [5, 5.41) is 5.05. The van der Waals surface area contributed by atoms with Crippen molar-refractivity contribution < 1.29 is 14.5 Å². The summed E-state index contributed by atoms with van der Waals surface area (Å²) < 4.78 is 0. The standard InChI is InChI=1S/C15H24N6O2/c1-12(2)10-18-15(23)19-13(22)11-20-6-8-21(9-7-20)14-16-4-3-5-17-14/h3-5,12H,6-11H2,1-2H3,(H2,18,19,22,23)/p+1. The third kappa shape index (κ3) is 5.82. The van der Waals surface area contributed by atoms with Crippen LogP contribution < -0.4 is 20.4 Å². The van der Waals surface area contributed by atoms with Gasteiger partial charge < -0.3 is 15.1 Å². The normalized spacial score (nSPS) is 15.5. The zero-order valence-corrected chi connectivity index (χ0v) is 13.7. The Hall–Kier alpha value is -2.22. The summed E-state index contributed by atoms with van der Waals surface area (Å²) in [5.41, 5.74) is 0. The van der Waals surface area contributed by atoms with E-state index in [9.17, 15) is 9.59 Å². The molecule has 1 aromatic rings. The second kappa shape index (κ2) is 8.42. The predicted molar refractivity (Wildman–Crippen MR) is 86.2 cm³/mol. The van der Waals surface area contributed by atoms with Gasteiger partial charge in [-0.25, -0.2) is 14.8 Å². The van der Waals surface area contributed by atoms with E-state index in [0.717, 1.165) is 37.0 Å². The Kier molecular flexibility index (Phi) is 6.28. The van der Waals surface area contributed by atoms with Gasteiger partial charge in [-0.2, -0.15) is 0 Å². The van der Waals surface area contributed by atoms with Crippen LogP contribution in [0, 0.1) is 5.92 Å². The van der Waals surface area contributed by atoms with Crippen LogP contribution in [-0.4, -0.2) is 61.2 Å². The first-order valence-corrected chi connectivity index (χ1v) is 7.98. The predicted octanol–water partition coefficient (Wildman–Crippen LogP) is -1.34. The molecule has 1 saturated heterocycles. The van der Waals surface area contributed by atoms with Crippen LogP contribution >= 0.6 is 0 Å². The number of hydrogen-bond donors (Lipinski definition) is 3. The van der Waals surface area contributed by atoms with Gasteiger partial charge in [0, 0.05) is 18.9 Å². The van der Waals surface area contributed by atoms with Crippen molar-refractivity contribution in [2.75, 3.05) is 44.2 Å². The molecule has 8 heteroatoms. The molecule has 0 unspecified atom stereocenters. The molecule has 0 spiro atoms. The quantitative estimate of drug-likeness (QED) is 0.625. The lowest BCUT2D eigenvalue weighted by Gasteiger charge is -2.31. The first-order chi connectivity index (χ1) is 11.0. The van der Waals surface area contributed by atoms with Gasteiger partial charge in [0.05, 0.1) is 26.2 Å². The van der Waals surface area contributed by atoms with E-state index >= 15 is 0 Å². The Morgan fingerprint density at radius 3 is 2.52 bits per heavy atom. The van der Waals surface area contributed by atoms with Gasteiger partial charge in [0.1, 0.15) is 0 Å². The van der Waals surface area contributed by atoms with E-state index in [4.69, 9.17) is 0 Å². The van der Waals surface area contributed by atoms with Gasteiger partial charge in [-0.15, -0.1) is 0 Å². The van der Waals surface area contributed by atoms with Gasteiger partial charge in [0.2, 0.25) is 5.95 Å². The molecule has 1 aliphatic heterocycles. The molecule has 0 aliphatic carbocycles. The molecular formula is C15H25N6O2+. The van der Waals surface area contributed by atoms with Crippen LogP contribution in [-0.2, 0) is 4.79 Å². The number of imide groups is 1. The molecule has 1 aromatic heterocycles. The molecule has 3 amide bonds. The largest absolute Gasteiger partial charge is 0.338 e. The van der Waals surface area contributed by atoms with Crippen LogP contribution in [0.5, 0.6) is 0 Å². The highest BCUT2D eigenvalue weighted by Gasteiger charge is 2.24. The van der Waals surface area contributed by atoms with E-state index < -0.39 is 6.03 Å². The Labute approximate surface area is 136 Å². The lowest BCUT2D eigenvalue weighted by atomic mass is 10.2. The first-order valence-electron chi connectivity index (χ1n) is 7.98. The van der Waals surface area contributed by atoms with Gasteiger partial charge in [-0.1, -0.05) is 13.8 Å². The molecule has 0 bridgehead atoms. The number of hydrogen-bond acceptors (Lipinski definition) is 5. The van der Waals surface area contributed by atoms with Crippen LogP contribution in [0.1, 0.15) is 13.8 Å². The SMILES string of the molecule is CC(C)CNC(=O)NC(=O)C[NH+]1CCN(c2ncccn2)CC1. The fraction of sp³-hybridized carbons (Fsp3) is 0.600. The zero-order valence-electron chi connectivity index (χ0n) is 13.7. The van der Waals surface area contributed by atoms with E-state index in [-0.39, 0.29) is 5.91 Å². The van der Waals surface area contributed by atoms with E-state index in [1.165, 1.54) is 0 Å². The maximum atomic E-state index is 11.9. The van der Waals surface area contributed by atoms with Gasteiger partial charge in [-0.3, -0.25) is 10.1 Å². The van der Waals surface area contributed by atoms with Gasteiger partial charge in [0.25, 0.3) is 5.91 Å². The number of rotatable bonds is 5.